The number of para-hydroxylation sites is 2. The standard InChI is InChI=1S/C26H35N7O4/c1-18(2)16-33(20-13-19(14-27-15-20)25(34)31-9-11-36-12-10-31)26(35)24-29-21-5-3-4-6-22(21)32(24)8-7-23-28-17-37-30-23/h3-6,17-20,27H,7-16H2,1-2H3/t19-,20+/m1/s1. The van der Waals surface area contributed by atoms with Crippen LogP contribution in [0.25, 0.3) is 11.0 Å². The molecule has 1 N–H and O–H groups in total. The van der Waals surface area contributed by atoms with Gasteiger partial charge in [0.05, 0.1) is 30.2 Å². The third kappa shape index (κ3) is 5.67. The number of benzene rings is 1. The molecule has 0 radical (unpaired) electrons. The second-order valence-corrected chi connectivity index (χ2v) is 10.2. The topological polar surface area (TPSA) is 119 Å². The molecule has 37 heavy (non-hydrogen) atoms. The molecule has 2 saturated heterocycles. The zero-order valence-corrected chi connectivity index (χ0v) is 21.5. The fraction of sp³-hybridized carbons (Fsp3) is 0.577. The number of nitrogens with zero attached hydrogens (tertiary/aromatic N) is 6. The second kappa shape index (κ2) is 11.4. The molecule has 2 aromatic heterocycles. The van der Waals surface area contributed by atoms with Crippen LogP contribution in [0.2, 0.25) is 0 Å². The molecule has 198 valence electrons. The van der Waals surface area contributed by atoms with Gasteiger partial charge in [0, 0.05) is 51.7 Å². The second-order valence-electron chi connectivity index (χ2n) is 10.2. The first-order valence-electron chi connectivity index (χ1n) is 13.1. The van der Waals surface area contributed by atoms with Gasteiger partial charge in [-0.3, -0.25) is 9.59 Å². The molecule has 0 spiro atoms. The molecular formula is C26H35N7O4. The van der Waals surface area contributed by atoms with Crippen LogP contribution in [-0.2, 0) is 22.5 Å². The molecule has 0 unspecified atom stereocenters. The Morgan fingerprint density at radius 2 is 2.00 bits per heavy atom. The largest absolute Gasteiger partial charge is 0.378 e. The van der Waals surface area contributed by atoms with E-state index < -0.39 is 0 Å². The van der Waals surface area contributed by atoms with E-state index in [2.05, 4.69) is 29.3 Å². The Labute approximate surface area is 216 Å². The zero-order chi connectivity index (χ0) is 25.8. The Morgan fingerprint density at radius 3 is 2.76 bits per heavy atom. The summed E-state index contributed by atoms with van der Waals surface area (Å²) in [5.41, 5.74) is 1.66. The molecule has 0 bridgehead atoms. The summed E-state index contributed by atoms with van der Waals surface area (Å²) in [4.78, 5) is 40.1. The molecule has 4 heterocycles. The normalized spacial score (nSPS) is 20.5. The Morgan fingerprint density at radius 1 is 1.19 bits per heavy atom. The number of amides is 2. The molecule has 2 aliphatic heterocycles. The molecule has 11 nitrogen and oxygen atoms in total. The fourth-order valence-corrected chi connectivity index (χ4v) is 5.29. The predicted molar refractivity (Wildman–Crippen MR) is 136 cm³/mol. The van der Waals surface area contributed by atoms with Gasteiger partial charge in [0.1, 0.15) is 0 Å². The van der Waals surface area contributed by atoms with E-state index in [1.807, 2.05) is 38.6 Å². The van der Waals surface area contributed by atoms with E-state index in [1.54, 1.807) is 0 Å². The van der Waals surface area contributed by atoms with Gasteiger partial charge in [-0.05, 0) is 24.5 Å². The van der Waals surface area contributed by atoms with Crippen molar-refractivity contribution < 1.29 is 18.8 Å². The Balaban J connectivity index is 1.40. The summed E-state index contributed by atoms with van der Waals surface area (Å²) >= 11 is 0. The van der Waals surface area contributed by atoms with E-state index in [0.717, 1.165) is 11.0 Å². The van der Waals surface area contributed by atoms with Gasteiger partial charge >= 0.3 is 0 Å². The number of hydrogen-bond donors (Lipinski definition) is 1. The highest BCUT2D eigenvalue weighted by molar-refractivity contribution is 5.95. The highest BCUT2D eigenvalue weighted by Crippen LogP contribution is 2.24. The highest BCUT2D eigenvalue weighted by Gasteiger charge is 2.36. The highest BCUT2D eigenvalue weighted by atomic mass is 16.5. The monoisotopic (exact) mass is 509 g/mol. The maximum absolute atomic E-state index is 14.2. The first-order chi connectivity index (χ1) is 18.0. The molecule has 1 aromatic carbocycles. The van der Waals surface area contributed by atoms with E-state index in [0.29, 0.717) is 77.0 Å². The van der Waals surface area contributed by atoms with Crippen molar-refractivity contribution >= 4 is 22.8 Å². The minimum Gasteiger partial charge on any atom is -0.378 e. The van der Waals surface area contributed by atoms with Crippen molar-refractivity contribution in [1.82, 2.24) is 34.8 Å². The van der Waals surface area contributed by atoms with Crippen molar-refractivity contribution in [2.24, 2.45) is 11.8 Å². The minimum absolute atomic E-state index is 0.107. The molecule has 11 heteroatoms. The molecule has 0 saturated carbocycles. The number of carbonyl (C=O) groups is 2. The van der Waals surface area contributed by atoms with Crippen molar-refractivity contribution in [3.8, 4) is 0 Å². The lowest BCUT2D eigenvalue weighted by Crippen LogP contribution is -2.56. The Hall–Kier alpha value is -3.31. The summed E-state index contributed by atoms with van der Waals surface area (Å²) in [6.07, 6.45) is 2.45. The number of morpholine rings is 1. The smallest absolute Gasteiger partial charge is 0.290 e. The van der Waals surface area contributed by atoms with Crippen LogP contribution in [0.4, 0.5) is 0 Å². The lowest BCUT2D eigenvalue weighted by atomic mass is 9.92. The van der Waals surface area contributed by atoms with Crippen molar-refractivity contribution in [2.45, 2.75) is 39.3 Å². The molecule has 2 fully saturated rings. The summed E-state index contributed by atoms with van der Waals surface area (Å²) in [5, 5.41) is 7.34. The van der Waals surface area contributed by atoms with Crippen LogP contribution < -0.4 is 5.32 Å². The maximum Gasteiger partial charge on any atom is 0.290 e. The molecule has 2 aliphatic rings. The summed E-state index contributed by atoms with van der Waals surface area (Å²) in [7, 11) is 0. The first kappa shape index (κ1) is 25.3. The van der Waals surface area contributed by atoms with Crippen molar-refractivity contribution in [1.29, 1.82) is 0 Å². The molecule has 0 aliphatic carbocycles. The van der Waals surface area contributed by atoms with Crippen LogP contribution in [0, 0.1) is 11.8 Å². The molecular weight excluding hydrogens is 474 g/mol. The number of piperidine rings is 1. The lowest BCUT2D eigenvalue weighted by Gasteiger charge is -2.40. The molecule has 2 atom stereocenters. The van der Waals surface area contributed by atoms with E-state index in [4.69, 9.17) is 14.2 Å². The lowest BCUT2D eigenvalue weighted by molar-refractivity contribution is -0.140. The fourth-order valence-electron chi connectivity index (χ4n) is 5.29. The van der Waals surface area contributed by atoms with Gasteiger partial charge in [-0.2, -0.15) is 4.98 Å². The maximum atomic E-state index is 14.2. The van der Waals surface area contributed by atoms with Crippen molar-refractivity contribution in [2.75, 3.05) is 45.9 Å². The average Bonchev–Trinajstić information content (AvgIpc) is 3.58. The van der Waals surface area contributed by atoms with E-state index in [-0.39, 0.29) is 29.7 Å². The van der Waals surface area contributed by atoms with Crippen molar-refractivity contribution in [3.63, 3.8) is 0 Å². The minimum atomic E-state index is -0.170. The van der Waals surface area contributed by atoms with Gasteiger partial charge in [-0.1, -0.05) is 31.1 Å². The third-order valence-electron chi connectivity index (χ3n) is 7.07. The number of imidazole rings is 1. The van der Waals surface area contributed by atoms with Gasteiger partial charge in [-0.25, -0.2) is 4.98 Å². The summed E-state index contributed by atoms with van der Waals surface area (Å²) < 4.78 is 12.2. The third-order valence-corrected chi connectivity index (χ3v) is 7.07. The van der Waals surface area contributed by atoms with Crippen LogP contribution in [0.5, 0.6) is 0 Å². The molecule has 5 rings (SSSR count). The van der Waals surface area contributed by atoms with Gasteiger partial charge in [-0.15, -0.1) is 0 Å². The summed E-state index contributed by atoms with van der Waals surface area (Å²) in [6, 6.07) is 7.65. The Bertz CT molecular complexity index is 1200. The van der Waals surface area contributed by atoms with Crippen LogP contribution in [0.3, 0.4) is 0 Å². The van der Waals surface area contributed by atoms with Gasteiger partial charge in [0.15, 0.2) is 11.6 Å². The number of hydrogen-bond acceptors (Lipinski definition) is 8. The van der Waals surface area contributed by atoms with Crippen LogP contribution in [0.15, 0.2) is 35.2 Å². The summed E-state index contributed by atoms with van der Waals surface area (Å²) in [6.45, 7) is 8.96. The number of aryl methyl sites for hydroxylation is 2. The average molecular weight is 510 g/mol. The quantitative estimate of drug-likeness (QED) is 0.486. The van der Waals surface area contributed by atoms with E-state index in [1.165, 1.54) is 6.39 Å². The number of aromatic nitrogens is 4. The van der Waals surface area contributed by atoms with Crippen LogP contribution >= 0.6 is 0 Å². The van der Waals surface area contributed by atoms with Crippen molar-refractivity contribution in [3.05, 3.63) is 42.3 Å². The van der Waals surface area contributed by atoms with Gasteiger partial charge in [0.25, 0.3) is 5.91 Å². The predicted octanol–water partition coefficient (Wildman–Crippen LogP) is 1.60. The Kier molecular flexibility index (Phi) is 7.80. The number of ether oxygens (including phenoxy) is 1. The van der Waals surface area contributed by atoms with Gasteiger partial charge in [0.2, 0.25) is 12.3 Å². The number of rotatable bonds is 8. The zero-order valence-electron chi connectivity index (χ0n) is 21.5. The number of carbonyl (C=O) groups excluding carboxylic acids is 2. The van der Waals surface area contributed by atoms with Crippen LogP contribution in [-0.4, -0.2) is 93.3 Å². The SMILES string of the molecule is CC(C)CN(C(=O)c1nc2ccccc2n1CCc1ncon1)[C@@H]1CNC[C@H](C(=O)N2CCOCC2)C1. The number of nitrogens with one attached hydrogen (secondary N) is 1. The molecule has 2 amide bonds. The van der Waals surface area contributed by atoms with E-state index >= 15 is 0 Å². The van der Waals surface area contributed by atoms with Crippen LogP contribution in [0.1, 0.15) is 36.7 Å². The van der Waals surface area contributed by atoms with E-state index in [9.17, 15) is 9.59 Å². The van der Waals surface area contributed by atoms with Gasteiger partial charge < -0.3 is 28.9 Å². The summed E-state index contributed by atoms with van der Waals surface area (Å²) in [5.74, 6) is 1.09. The number of fused-ring (bicyclic) bond motifs is 1. The first-order valence-corrected chi connectivity index (χ1v) is 13.1. The molecule has 3 aromatic rings.